The number of rotatable bonds is 4. The van der Waals surface area contributed by atoms with Gasteiger partial charge in [0.2, 0.25) is 0 Å². The molecule has 0 heterocycles. The summed E-state index contributed by atoms with van der Waals surface area (Å²) in [5.41, 5.74) is 0.554. The molecule has 128 valence electrons. The van der Waals surface area contributed by atoms with Gasteiger partial charge >= 0.3 is 5.97 Å². The van der Waals surface area contributed by atoms with E-state index in [1.807, 2.05) is 0 Å². The van der Waals surface area contributed by atoms with Crippen molar-refractivity contribution in [2.24, 2.45) is 0 Å². The zero-order valence-corrected chi connectivity index (χ0v) is 14.9. The van der Waals surface area contributed by atoms with Crippen LogP contribution in [0.2, 0.25) is 0 Å². The lowest BCUT2D eigenvalue weighted by Gasteiger charge is -2.13. The molecular formula is C15H12BrF2NO4S. The van der Waals surface area contributed by atoms with E-state index < -0.39 is 27.6 Å². The molecule has 0 saturated carbocycles. The van der Waals surface area contributed by atoms with Crippen molar-refractivity contribution in [1.29, 1.82) is 0 Å². The Hall–Kier alpha value is -2.00. The second kappa shape index (κ2) is 6.48. The Morgan fingerprint density at radius 1 is 1.12 bits per heavy atom. The maximum absolute atomic E-state index is 13.3. The normalized spacial score (nSPS) is 11.4. The van der Waals surface area contributed by atoms with Gasteiger partial charge in [-0.2, -0.15) is 0 Å². The number of hydrogen-bond acceptors (Lipinski definition) is 3. The molecule has 2 rings (SSSR count). The number of nitrogens with one attached hydrogen (secondary N) is 1. The molecule has 0 spiro atoms. The Morgan fingerprint density at radius 3 is 2.29 bits per heavy atom. The lowest BCUT2D eigenvalue weighted by Crippen LogP contribution is -2.15. The molecule has 0 saturated heterocycles. The molecule has 0 fully saturated rings. The Balaban J connectivity index is 2.53. The van der Waals surface area contributed by atoms with E-state index in [1.165, 1.54) is 6.07 Å². The van der Waals surface area contributed by atoms with Crippen LogP contribution >= 0.6 is 15.9 Å². The maximum atomic E-state index is 13.3. The highest BCUT2D eigenvalue weighted by molar-refractivity contribution is 9.10. The van der Waals surface area contributed by atoms with E-state index in [0.717, 1.165) is 12.1 Å². The molecule has 0 aliphatic carbocycles. The standard InChI is InChI=1S/C15H12BrF2NO4S/c1-7-3-9(4-10(8(7)2)15(20)21)24(22,23)19-14-6-13(18)12(17)5-11(14)16/h3-6,19H,1-2H3,(H,20,21). The number of anilines is 1. The molecule has 0 atom stereocenters. The first-order valence-corrected chi connectivity index (χ1v) is 8.82. The highest BCUT2D eigenvalue weighted by Gasteiger charge is 2.21. The number of carboxylic acid groups (broad SMARTS) is 1. The quantitative estimate of drug-likeness (QED) is 0.737. The first-order chi connectivity index (χ1) is 11.0. The van der Waals surface area contributed by atoms with Crippen molar-refractivity contribution in [2.75, 3.05) is 4.72 Å². The summed E-state index contributed by atoms with van der Waals surface area (Å²) in [5, 5.41) is 9.17. The van der Waals surface area contributed by atoms with Crippen molar-refractivity contribution in [1.82, 2.24) is 0 Å². The van der Waals surface area contributed by atoms with Gasteiger partial charge in [0.15, 0.2) is 11.6 Å². The fourth-order valence-electron chi connectivity index (χ4n) is 2.01. The van der Waals surface area contributed by atoms with Crippen LogP contribution in [0.4, 0.5) is 14.5 Å². The van der Waals surface area contributed by atoms with Gasteiger partial charge in [0.25, 0.3) is 10.0 Å². The minimum atomic E-state index is -4.19. The van der Waals surface area contributed by atoms with Crippen LogP contribution in [-0.2, 0) is 10.0 Å². The number of halogens is 3. The van der Waals surface area contributed by atoms with Gasteiger partial charge in [0.1, 0.15) is 0 Å². The zero-order chi connectivity index (χ0) is 18.2. The Labute approximate surface area is 145 Å². The van der Waals surface area contributed by atoms with E-state index in [2.05, 4.69) is 20.7 Å². The SMILES string of the molecule is Cc1cc(S(=O)(=O)Nc2cc(F)c(F)cc2Br)cc(C(=O)O)c1C. The summed E-state index contributed by atoms with van der Waals surface area (Å²) in [6, 6.07) is 3.80. The van der Waals surface area contributed by atoms with E-state index in [0.29, 0.717) is 17.2 Å². The molecular weight excluding hydrogens is 408 g/mol. The lowest BCUT2D eigenvalue weighted by molar-refractivity contribution is 0.0695. The van der Waals surface area contributed by atoms with Crippen molar-refractivity contribution >= 4 is 37.6 Å². The number of aryl methyl sites for hydroxylation is 1. The smallest absolute Gasteiger partial charge is 0.336 e. The van der Waals surface area contributed by atoms with Crippen LogP contribution in [0.25, 0.3) is 0 Å². The van der Waals surface area contributed by atoms with Crippen LogP contribution < -0.4 is 4.72 Å². The summed E-state index contributed by atoms with van der Waals surface area (Å²) in [5.74, 6) is -3.62. The third-order valence-electron chi connectivity index (χ3n) is 3.44. The summed E-state index contributed by atoms with van der Waals surface area (Å²) < 4.78 is 53.4. The second-order valence-corrected chi connectivity index (χ2v) is 7.61. The number of aromatic carboxylic acids is 1. The number of hydrogen-bond donors (Lipinski definition) is 2. The van der Waals surface area contributed by atoms with E-state index >= 15 is 0 Å². The van der Waals surface area contributed by atoms with Gasteiger partial charge in [0, 0.05) is 10.5 Å². The molecule has 0 radical (unpaired) electrons. The summed E-state index contributed by atoms with van der Waals surface area (Å²) in [4.78, 5) is 10.9. The van der Waals surface area contributed by atoms with Crippen molar-refractivity contribution < 1.29 is 27.1 Å². The third kappa shape index (κ3) is 3.57. The van der Waals surface area contributed by atoms with Crippen molar-refractivity contribution in [2.45, 2.75) is 18.7 Å². The predicted octanol–water partition coefficient (Wildman–Crippen LogP) is 3.84. The molecule has 0 bridgehead atoms. The average Bonchev–Trinajstić information content (AvgIpc) is 2.46. The zero-order valence-electron chi connectivity index (χ0n) is 12.5. The predicted molar refractivity (Wildman–Crippen MR) is 87.7 cm³/mol. The van der Waals surface area contributed by atoms with Crippen LogP contribution in [0.5, 0.6) is 0 Å². The number of sulfonamides is 1. The second-order valence-electron chi connectivity index (χ2n) is 5.07. The van der Waals surface area contributed by atoms with Crippen molar-refractivity contribution in [3.05, 3.63) is 57.1 Å². The van der Waals surface area contributed by atoms with Crippen LogP contribution in [0.3, 0.4) is 0 Å². The first-order valence-electron chi connectivity index (χ1n) is 6.55. The van der Waals surface area contributed by atoms with E-state index in [9.17, 15) is 22.0 Å². The van der Waals surface area contributed by atoms with E-state index in [-0.39, 0.29) is 20.6 Å². The monoisotopic (exact) mass is 419 g/mol. The highest BCUT2D eigenvalue weighted by Crippen LogP contribution is 2.28. The maximum Gasteiger partial charge on any atom is 0.336 e. The summed E-state index contributed by atoms with van der Waals surface area (Å²) >= 11 is 2.94. The van der Waals surface area contributed by atoms with E-state index in [1.54, 1.807) is 13.8 Å². The molecule has 2 aromatic carbocycles. The average molecular weight is 420 g/mol. The molecule has 5 nitrogen and oxygen atoms in total. The molecule has 2 aromatic rings. The van der Waals surface area contributed by atoms with Crippen molar-refractivity contribution in [3.8, 4) is 0 Å². The molecule has 0 unspecified atom stereocenters. The van der Waals surface area contributed by atoms with Gasteiger partial charge in [-0.25, -0.2) is 22.0 Å². The third-order valence-corrected chi connectivity index (χ3v) is 5.44. The van der Waals surface area contributed by atoms with Crippen molar-refractivity contribution in [3.63, 3.8) is 0 Å². The molecule has 0 aromatic heterocycles. The largest absolute Gasteiger partial charge is 0.478 e. The van der Waals surface area contributed by atoms with Gasteiger partial charge in [-0.05, 0) is 59.1 Å². The fourth-order valence-corrected chi connectivity index (χ4v) is 3.73. The summed E-state index contributed by atoms with van der Waals surface area (Å²) in [7, 11) is -4.19. The summed E-state index contributed by atoms with van der Waals surface area (Å²) in [6.07, 6.45) is 0. The van der Waals surface area contributed by atoms with Gasteiger partial charge < -0.3 is 5.11 Å². The fraction of sp³-hybridized carbons (Fsp3) is 0.133. The lowest BCUT2D eigenvalue weighted by atomic mass is 10.0. The van der Waals surface area contributed by atoms with Gasteiger partial charge in [-0.3, -0.25) is 4.72 Å². The van der Waals surface area contributed by atoms with Crippen LogP contribution in [0.1, 0.15) is 21.5 Å². The Morgan fingerprint density at radius 2 is 1.71 bits per heavy atom. The van der Waals surface area contributed by atoms with Gasteiger partial charge in [-0.1, -0.05) is 0 Å². The van der Waals surface area contributed by atoms with E-state index in [4.69, 9.17) is 5.11 Å². The van der Waals surface area contributed by atoms with Gasteiger partial charge in [0.05, 0.1) is 16.1 Å². The number of carbonyl (C=O) groups is 1. The molecule has 0 amide bonds. The Kier molecular flexibility index (Phi) is 4.95. The van der Waals surface area contributed by atoms with Gasteiger partial charge in [-0.15, -0.1) is 0 Å². The van der Waals surface area contributed by atoms with Crippen LogP contribution in [0.15, 0.2) is 33.6 Å². The minimum Gasteiger partial charge on any atom is -0.478 e. The minimum absolute atomic E-state index is 0.00673. The number of carboxylic acids is 1. The first kappa shape index (κ1) is 18.3. The van der Waals surface area contributed by atoms with Crippen LogP contribution in [-0.4, -0.2) is 19.5 Å². The highest BCUT2D eigenvalue weighted by atomic mass is 79.9. The molecule has 9 heteroatoms. The molecule has 2 N–H and O–H groups in total. The molecule has 0 aliphatic rings. The van der Waals surface area contributed by atoms with Crippen LogP contribution in [0, 0.1) is 25.5 Å². The summed E-state index contributed by atoms with van der Waals surface area (Å²) in [6.45, 7) is 3.14. The topological polar surface area (TPSA) is 83.5 Å². The molecule has 0 aliphatic heterocycles. The molecule has 24 heavy (non-hydrogen) atoms. The Bertz CT molecular complexity index is 945. The number of benzene rings is 2.